The number of aliphatic imine (C=N–C) groups is 1. The Morgan fingerprint density at radius 2 is 1.76 bits per heavy atom. The first-order valence-corrected chi connectivity index (χ1v) is 12.2. The number of hydrogen-bond donors (Lipinski definition) is 2. The van der Waals surface area contributed by atoms with Gasteiger partial charge in [-0.15, -0.1) is 0 Å². The van der Waals surface area contributed by atoms with Crippen molar-refractivity contribution in [3.63, 3.8) is 0 Å². The summed E-state index contributed by atoms with van der Waals surface area (Å²) in [6.45, 7) is 1.48. The number of allylic oxidation sites excluding steroid dienone is 1. The van der Waals surface area contributed by atoms with E-state index in [1.54, 1.807) is 48.5 Å². The summed E-state index contributed by atoms with van der Waals surface area (Å²) in [7, 11) is 1.13. The second kappa shape index (κ2) is 12.3. The van der Waals surface area contributed by atoms with Crippen LogP contribution < -0.4 is 15.8 Å². The molecule has 210 valence electrons. The van der Waals surface area contributed by atoms with E-state index in [0.717, 1.165) is 24.8 Å². The molecule has 1 amide bonds. The Labute approximate surface area is 233 Å². The summed E-state index contributed by atoms with van der Waals surface area (Å²) in [4.78, 5) is 31.3. The molecule has 1 atom stereocenters. The number of guanidine groups is 1. The third-order valence-electron chi connectivity index (χ3n) is 6.14. The van der Waals surface area contributed by atoms with Crippen molar-refractivity contribution in [1.29, 1.82) is 5.26 Å². The third kappa shape index (κ3) is 6.65. The molecule has 0 bridgehead atoms. The van der Waals surface area contributed by atoms with Crippen LogP contribution in [0.3, 0.4) is 0 Å². The number of amides is 1. The standard InChI is InChI=1S/C29H24F3N5O4/c1-18-24(26(38)41-17-20-7-4-3-5-8-20)25(21-13-11-19(16-33)12-14-21)34-27(35-36-28(39)40-2)37(18)23-10-6-9-22(15-23)29(30,31)32/h3-15,25H,17H2,1-2H3,(H,34,35)(H,36,39). The molecule has 0 aliphatic carbocycles. The number of rotatable bonds is 5. The van der Waals surface area contributed by atoms with Crippen LogP contribution in [0.25, 0.3) is 0 Å². The Morgan fingerprint density at radius 3 is 2.39 bits per heavy atom. The molecule has 1 aliphatic heterocycles. The highest BCUT2D eigenvalue weighted by molar-refractivity contribution is 6.05. The summed E-state index contributed by atoms with van der Waals surface area (Å²) in [6, 6.07) is 20.7. The Morgan fingerprint density at radius 1 is 1.05 bits per heavy atom. The number of carbonyl (C=O) groups excluding carboxylic acids is 2. The van der Waals surface area contributed by atoms with E-state index in [4.69, 9.17) is 4.74 Å². The number of hydrazine groups is 1. The first kappa shape index (κ1) is 28.7. The van der Waals surface area contributed by atoms with E-state index < -0.39 is 29.8 Å². The predicted octanol–water partition coefficient (Wildman–Crippen LogP) is 5.37. The lowest BCUT2D eigenvalue weighted by molar-refractivity contribution is -0.141. The van der Waals surface area contributed by atoms with Crippen molar-refractivity contribution in [1.82, 2.24) is 10.9 Å². The highest BCUT2D eigenvalue weighted by Gasteiger charge is 2.37. The third-order valence-corrected chi connectivity index (χ3v) is 6.14. The van der Waals surface area contributed by atoms with Crippen LogP contribution in [0.15, 0.2) is 95.1 Å². The van der Waals surface area contributed by atoms with E-state index in [9.17, 15) is 28.0 Å². The van der Waals surface area contributed by atoms with Crippen LogP contribution in [0.5, 0.6) is 0 Å². The van der Waals surface area contributed by atoms with Crippen LogP contribution in [0.2, 0.25) is 0 Å². The molecule has 0 saturated carbocycles. The molecule has 0 fully saturated rings. The highest BCUT2D eigenvalue weighted by Crippen LogP contribution is 2.38. The van der Waals surface area contributed by atoms with Gasteiger partial charge in [-0.2, -0.15) is 18.4 Å². The summed E-state index contributed by atoms with van der Waals surface area (Å²) < 4.78 is 51.0. The summed E-state index contributed by atoms with van der Waals surface area (Å²) >= 11 is 0. The number of esters is 1. The molecule has 2 N–H and O–H groups in total. The van der Waals surface area contributed by atoms with Crippen LogP contribution in [-0.4, -0.2) is 25.1 Å². The maximum absolute atomic E-state index is 13.6. The van der Waals surface area contributed by atoms with Crippen molar-refractivity contribution in [2.24, 2.45) is 4.99 Å². The predicted molar refractivity (Wildman–Crippen MR) is 143 cm³/mol. The van der Waals surface area contributed by atoms with Crippen molar-refractivity contribution in [3.05, 3.63) is 112 Å². The largest absolute Gasteiger partial charge is 0.457 e. The second-order valence-corrected chi connectivity index (χ2v) is 8.77. The molecule has 1 heterocycles. The van der Waals surface area contributed by atoms with Crippen molar-refractivity contribution >= 4 is 23.7 Å². The second-order valence-electron chi connectivity index (χ2n) is 8.77. The molecule has 0 saturated heterocycles. The fraction of sp³-hybridized carbons (Fsp3) is 0.172. The van der Waals surface area contributed by atoms with E-state index in [2.05, 4.69) is 20.6 Å². The summed E-state index contributed by atoms with van der Waals surface area (Å²) in [6.07, 6.45) is -5.53. The van der Waals surface area contributed by atoms with E-state index in [1.807, 2.05) is 12.1 Å². The summed E-state index contributed by atoms with van der Waals surface area (Å²) in [5.74, 6) is -0.845. The molecule has 3 aromatic carbocycles. The highest BCUT2D eigenvalue weighted by atomic mass is 19.4. The number of halogens is 3. The quantitative estimate of drug-likeness (QED) is 0.317. The smallest absolute Gasteiger partial charge is 0.425 e. The molecule has 4 rings (SSSR count). The maximum atomic E-state index is 13.6. The van der Waals surface area contributed by atoms with Gasteiger partial charge in [-0.25, -0.2) is 20.0 Å². The lowest BCUT2D eigenvalue weighted by Gasteiger charge is -2.35. The Kier molecular flexibility index (Phi) is 8.57. The van der Waals surface area contributed by atoms with Crippen LogP contribution in [0, 0.1) is 11.3 Å². The minimum absolute atomic E-state index is 0.0156. The van der Waals surface area contributed by atoms with Crippen molar-refractivity contribution in [2.45, 2.75) is 25.7 Å². The Balaban J connectivity index is 1.84. The van der Waals surface area contributed by atoms with Crippen molar-refractivity contribution < 1.29 is 32.2 Å². The minimum Gasteiger partial charge on any atom is -0.457 e. The van der Waals surface area contributed by atoms with E-state index in [1.165, 1.54) is 24.0 Å². The van der Waals surface area contributed by atoms with Gasteiger partial charge >= 0.3 is 18.2 Å². The van der Waals surface area contributed by atoms with Crippen molar-refractivity contribution in [3.8, 4) is 6.07 Å². The van der Waals surface area contributed by atoms with Gasteiger partial charge in [-0.05, 0) is 48.4 Å². The molecular formula is C29H24F3N5O4. The molecule has 0 spiro atoms. The van der Waals surface area contributed by atoms with E-state index in [0.29, 0.717) is 11.1 Å². The summed E-state index contributed by atoms with van der Waals surface area (Å²) in [5, 5.41) is 9.22. The van der Waals surface area contributed by atoms with E-state index in [-0.39, 0.29) is 29.5 Å². The van der Waals surface area contributed by atoms with Gasteiger partial charge in [0.2, 0.25) is 5.96 Å². The fourth-order valence-corrected chi connectivity index (χ4v) is 4.15. The SMILES string of the molecule is COC(=O)NNC1=NC(c2ccc(C#N)cc2)C(C(=O)OCc2ccccc2)=C(C)N1c1cccc(C(F)(F)F)c1. The number of anilines is 1. The minimum atomic E-state index is -4.64. The van der Waals surface area contributed by atoms with Crippen LogP contribution in [0.1, 0.15) is 35.2 Å². The zero-order valence-corrected chi connectivity index (χ0v) is 21.9. The number of carbonyl (C=O) groups is 2. The number of nitrogens with one attached hydrogen (secondary N) is 2. The van der Waals surface area contributed by atoms with Gasteiger partial charge in [0.1, 0.15) is 12.6 Å². The first-order chi connectivity index (χ1) is 19.6. The zero-order chi connectivity index (χ0) is 29.6. The molecular weight excluding hydrogens is 539 g/mol. The Bertz CT molecular complexity index is 1530. The average molecular weight is 564 g/mol. The van der Waals surface area contributed by atoms with Crippen LogP contribution in [-0.2, 0) is 27.1 Å². The maximum Gasteiger partial charge on any atom is 0.425 e. The van der Waals surface area contributed by atoms with Gasteiger partial charge in [0.25, 0.3) is 0 Å². The number of hydrogen-bond acceptors (Lipinski definition) is 8. The number of methoxy groups -OCH3 is 1. The fourth-order valence-electron chi connectivity index (χ4n) is 4.15. The number of nitriles is 1. The topological polar surface area (TPSA) is 116 Å². The van der Waals surface area contributed by atoms with Gasteiger partial charge in [0.15, 0.2) is 0 Å². The Hall–Kier alpha value is -5.31. The van der Waals surface area contributed by atoms with Crippen molar-refractivity contribution in [2.75, 3.05) is 12.0 Å². The molecule has 0 radical (unpaired) electrons. The number of benzene rings is 3. The molecule has 1 unspecified atom stereocenters. The van der Waals surface area contributed by atoms with Gasteiger partial charge in [0, 0.05) is 11.4 Å². The normalized spacial score (nSPS) is 15.0. The molecule has 0 aromatic heterocycles. The lowest BCUT2D eigenvalue weighted by Crippen LogP contribution is -2.51. The monoisotopic (exact) mass is 563 g/mol. The van der Waals surface area contributed by atoms with Crippen LogP contribution in [0.4, 0.5) is 23.7 Å². The zero-order valence-electron chi connectivity index (χ0n) is 21.9. The summed E-state index contributed by atoms with van der Waals surface area (Å²) in [5.41, 5.74) is 5.77. The van der Waals surface area contributed by atoms with Gasteiger partial charge in [-0.1, -0.05) is 48.5 Å². The number of nitrogens with zero attached hydrogens (tertiary/aromatic N) is 3. The molecule has 41 heavy (non-hydrogen) atoms. The molecule has 3 aromatic rings. The van der Waals surface area contributed by atoms with Gasteiger partial charge < -0.3 is 9.47 Å². The van der Waals surface area contributed by atoms with Gasteiger partial charge in [0.05, 0.1) is 29.9 Å². The van der Waals surface area contributed by atoms with Gasteiger partial charge in [-0.3, -0.25) is 10.3 Å². The lowest BCUT2D eigenvalue weighted by atomic mass is 9.94. The average Bonchev–Trinajstić information content (AvgIpc) is 2.98. The number of alkyl halides is 3. The molecule has 1 aliphatic rings. The molecule has 9 nitrogen and oxygen atoms in total. The first-order valence-electron chi connectivity index (χ1n) is 12.2. The molecule has 12 heteroatoms. The van der Waals surface area contributed by atoms with Crippen LogP contribution >= 0.6 is 0 Å². The van der Waals surface area contributed by atoms with E-state index >= 15 is 0 Å². The number of ether oxygens (including phenoxy) is 2.